The van der Waals surface area contributed by atoms with Crippen molar-refractivity contribution in [1.29, 1.82) is 0 Å². The van der Waals surface area contributed by atoms with Gasteiger partial charge < -0.3 is 9.47 Å². The summed E-state index contributed by atoms with van der Waals surface area (Å²) in [6.45, 7) is 0.202. The summed E-state index contributed by atoms with van der Waals surface area (Å²) in [5.74, 6) is -1.40. The lowest BCUT2D eigenvalue weighted by molar-refractivity contribution is -0.145. The lowest BCUT2D eigenvalue weighted by Gasteiger charge is -2.08. The first-order valence-electron chi connectivity index (χ1n) is 5.38. The zero-order valence-corrected chi connectivity index (χ0v) is 10.6. The minimum atomic E-state index is -3.90. The van der Waals surface area contributed by atoms with E-state index in [2.05, 4.69) is 4.74 Å². The second-order valence-electron chi connectivity index (χ2n) is 3.92. The van der Waals surface area contributed by atoms with Crippen molar-refractivity contribution in [2.45, 2.75) is 17.4 Å². The Morgan fingerprint density at radius 1 is 1.42 bits per heavy atom. The Kier molecular flexibility index (Phi) is 3.54. The number of hydrogen-bond acceptors (Lipinski definition) is 6. The SMILES string of the molecule is NS(=O)(=O)c1cccc(C(=O)O[C@@H]2CCOC2=O)c1. The molecule has 0 radical (unpaired) electrons. The normalized spacial score (nSPS) is 19.0. The molecule has 8 heteroatoms. The lowest BCUT2D eigenvalue weighted by Crippen LogP contribution is -2.23. The van der Waals surface area contributed by atoms with Crippen molar-refractivity contribution in [3.8, 4) is 0 Å². The van der Waals surface area contributed by atoms with Gasteiger partial charge in [0.1, 0.15) is 0 Å². The van der Waals surface area contributed by atoms with Crippen LogP contribution >= 0.6 is 0 Å². The zero-order chi connectivity index (χ0) is 14.0. The van der Waals surface area contributed by atoms with Gasteiger partial charge in [0.05, 0.1) is 17.1 Å². The Morgan fingerprint density at radius 2 is 2.16 bits per heavy atom. The summed E-state index contributed by atoms with van der Waals surface area (Å²) >= 11 is 0. The summed E-state index contributed by atoms with van der Waals surface area (Å²) in [5, 5.41) is 4.96. The van der Waals surface area contributed by atoms with E-state index in [4.69, 9.17) is 9.88 Å². The van der Waals surface area contributed by atoms with E-state index in [1.807, 2.05) is 0 Å². The number of cyclic esters (lactones) is 1. The molecule has 2 N–H and O–H groups in total. The Bertz CT molecular complexity index is 624. The fourth-order valence-corrected chi connectivity index (χ4v) is 2.14. The molecule has 0 aliphatic carbocycles. The van der Waals surface area contributed by atoms with Gasteiger partial charge in [-0.15, -0.1) is 0 Å². The van der Waals surface area contributed by atoms with Crippen molar-refractivity contribution in [2.75, 3.05) is 6.61 Å². The molecule has 1 aromatic carbocycles. The third kappa shape index (κ3) is 3.09. The summed E-state index contributed by atoms with van der Waals surface area (Å²) in [6, 6.07) is 5.09. The highest BCUT2D eigenvalue weighted by atomic mass is 32.2. The average Bonchev–Trinajstić information content (AvgIpc) is 2.74. The van der Waals surface area contributed by atoms with Crippen molar-refractivity contribution < 1.29 is 27.5 Å². The van der Waals surface area contributed by atoms with Gasteiger partial charge in [-0.2, -0.15) is 0 Å². The van der Waals surface area contributed by atoms with Crippen LogP contribution in [0, 0.1) is 0 Å². The van der Waals surface area contributed by atoms with Gasteiger partial charge in [-0.3, -0.25) is 0 Å². The summed E-state index contributed by atoms with van der Waals surface area (Å²) in [7, 11) is -3.90. The standard InChI is InChI=1S/C11H11NO6S/c12-19(15,16)8-3-1-2-7(6-8)10(13)18-9-4-5-17-11(9)14/h1-3,6,9H,4-5H2,(H2,12,15,16)/t9-/m1/s1. The highest BCUT2D eigenvalue weighted by molar-refractivity contribution is 7.89. The topological polar surface area (TPSA) is 113 Å². The lowest BCUT2D eigenvalue weighted by atomic mass is 10.2. The Morgan fingerprint density at radius 3 is 2.74 bits per heavy atom. The molecule has 7 nitrogen and oxygen atoms in total. The summed E-state index contributed by atoms with van der Waals surface area (Å²) in [6.07, 6.45) is -0.648. The van der Waals surface area contributed by atoms with Gasteiger partial charge in [0.2, 0.25) is 16.1 Å². The number of carbonyl (C=O) groups excluding carboxylic acids is 2. The van der Waals surface area contributed by atoms with Crippen molar-refractivity contribution >= 4 is 22.0 Å². The van der Waals surface area contributed by atoms with Crippen LogP contribution in [0.4, 0.5) is 0 Å². The minimum Gasteiger partial charge on any atom is -0.463 e. The molecule has 1 fully saturated rings. The van der Waals surface area contributed by atoms with E-state index >= 15 is 0 Å². The molecule has 0 bridgehead atoms. The predicted molar refractivity (Wildman–Crippen MR) is 62.6 cm³/mol. The highest BCUT2D eigenvalue weighted by Gasteiger charge is 2.30. The molecule has 1 aliphatic heterocycles. The monoisotopic (exact) mass is 285 g/mol. The van der Waals surface area contributed by atoms with E-state index in [0.717, 1.165) is 6.07 Å². The number of sulfonamides is 1. The quantitative estimate of drug-likeness (QED) is 0.770. The van der Waals surface area contributed by atoms with E-state index in [-0.39, 0.29) is 17.1 Å². The van der Waals surface area contributed by atoms with Crippen molar-refractivity contribution in [3.63, 3.8) is 0 Å². The predicted octanol–water partition coefficient (Wildman–Crippen LogP) is -0.194. The van der Waals surface area contributed by atoms with Crippen LogP contribution < -0.4 is 5.14 Å². The molecular formula is C11H11NO6S. The minimum absolute atomic E-state index is 0.00576. The fraction of sp³-hybridized carbons (Fsp3) is 0.273. The molecule has 0 aromatic heterocycles. The van der Waals surface area contributed by atoms with Gasteiger partial charge in [-0.1, -0.05) is 6.07 Å². The Balaban J connectivity index is 2.18. The van der Waals surface area contributed by atoms with Crippen LogP contribution in [0.2, 0.25) is 0 Å². The van der Waals surface area contributed by atoms with Gasteiger partial charge in [-0.05, 0) is 18.2 Å². The van der Waals surface area contributed by atoms with E-state index < -0.39 is 28.1 Å². The Hall–Kier alpha value is -1.93. The first-order chi connectivity index (χ1) is 8.88. The van der Waals surface area contributed by atoms with E-state index in [1.165, 1.54) is 18.2 Å². The van der Waals surface area contributed by atoms with Gasteiger partial charge in [-0.25, -0.2) is 23.1 Å². The number of hydrogen-bond donors (Lipinski definition) is 1. The maximum absolute atomic E-state index is 11.8. The molecule has 0 saturated carbocycles. The van der Waals surface area contributed by atoms with Crippen molar-refractivity contribution in [1.82, 2.24) is 0 Å². The van der Waals surface area contributed by atoms with Gasteiger partial charge in [0, 0.05) is 6.42 Å². The number of benzene rings is 1. The number of nitrogens with two attached hydrogens (primary N) is 1. The van der Waals surface area contributed by atoms with Gasteiger partial charge in [0.15, 0.2) is 0 Å². The van der Waals surface area contributed by atoms with Crippen LogP contribution in [0.1, 0.15) is 16.8 Å². The second kappa shape index (κ2) is 4.98. The molecule has 1 atom stereocenters. The summed E-state index contributed by atoms with van der Waals surface area (Å²) < 4.78 is 31.9. The molecule has 1 aliphatic rings. The molecule has 1 heterocycles. The molecule has 2 rings (SSSR count). The second-order valence-corrected chi connectivity index (χ2v) is 5.48. The van der Waals surface area contributed by atoms with E-state index in [9.17, 15) is 18.0 Å². The maximum atomic E-state index is 11.8. The molecular weight excluding hydrogens is 274 g/mol. The zero-order valence-electron chi connectivity index (χ0n) is 9.74. The van der Waals surface area contributed by atoms with E-state index in [0.29, 0.717) is 6.42 Å². The number of ether oxygens (including phenoxy) is 2. The highest BCUT2D eigenvalue weighted by Crippen LogP contribution is 2.15. The van der Waals surface area contributed by atoms with Gasteiger partial charge >= 0.3 is 11.9 Å². The number of rotatable bonds is 3. The molecule has 102 valence electrons. The third-order valence-corrected chi connectivity index (χ3v) is 3.45. The molecule has 19 heavy (non-hydrogen) atoms. The molecule has 0 amide bonds. The van der Waals surface area contributed by atoms with Crippen LogP contribution in [0.15, 0.2) is 29.2 Å². The first-order valence-corrected chi connectivity index (χ1v) is 6.93. The Labute approximate surface area is 109 Å². The van der Waals surface area contributed by atoms with Crippen molar-refractivity contribution in [3.05, 3.63) is 29.8 Å². The van der Waals surface area contributed by atoms with Crippen LogP contribution in [0.25, 0.3) is 0 Å². The van der Waals surface area contributed by atoms with Crippen LogP contribution in [-0.4, -0.2) is 33.1 Å². The van der Waals surface area contributed by atoms with Crippen LogP contribution in [0.5, 0.6) is 0 Å². The first kappa shape index (κ1) is 13.5. The molecule has 1 saturated heterocycles. The third-order valence-electron chi connectivity index (χ3n) is 2.53. The van der Waals surface area contributed by atoms with Crippen LogP contribution in [-0.2, 0) is 24.3 Å². The summed E-state index contributed by atoms with van der Waals surface area (Å²) in [5.41, 5.74) is 0.00576. The number of carbonyl (C=O) groups is 2. The van der Waals surface area contributed by atoms with Gasteiger partial charge in [0.25, 0.3) is 0 Å². The molecule has 1 aromatic rings. The van der Waals surface area contributed by atoms with E-state index in [1.54, 1.807) is 0 Å². The number of esters is 2. The summed E-state index contributed by atoms with van der Waals surface area (Å²) in [4.78, 5) is 22.7. The fourth-order valence-electron chi connectivity index (χ4n) is 1.58. The van der Waals surface area contributed by atoms with Crippen molar-refractivity contribution in [2.24, 2.45) is 5.14 Å². The molecule has 0 unspecified atom stereocenters. The molecule has 0 spiro atoms. The van der Waals surface area contributed by atoms with Crippen LogP contribution in [0.3, 0.4) is 0 Å². The largest absolute Gasteiger partial charge is 0.463 e. The smallest absolute Gasteiger partial charge is 0.347 e. The average molecular weight is 285 g/mol. The maximum Gasteiger partial charge on any atom is 0.347 e. The number of primary sulfonamides is 1.